The molecule has 1 saturated carbocycles. The van der Waals surface area contributed by atoms with E-state index in [1.807, 2.05) is 13.8 Å². The molecular formula is C12H25NO2S. The minimum Gasteiger partial charge on any atom is -0.327 e. The van der Waals surface area contributed by atoms with Gasteiger partial charge in [0.1, 0.15) is 0 Å². The van der Waals surface area contributed by atoms with Gasteiger partial charge in [0.25, 0.3) is 0 Å². The Morgan fingerprint density at radius 3 is 2.38 bits per heavy atom. The maximum Gasteiger partial charge on any atom is 0.154 e. The van der Waals surface area contributed by atoms with Crippen molar-refractivity contribution in [2.75, 3.05) is 5.75 Å². The van der Waals surface area contributed by atoms with Crippen molar-refractivity contribution in [3.8, 4) is 0 Å². The zero-order valence-corrected chi connectivity index (χ0v) is 11.5. The van der Waals surface area contributed by atoms with E-state index in [9.17, 15) is 8.42 Å². The first kappa shape index (κ1) is 14.0. The van der Waals surface area contributed by atoms with Gasteiger partial charge in [-0.15, -0.1) is 0 Å². The van der Waals surface area contributed by atoms with Crippen LogP contribution in [0.15, 0.2) is 0 Å². The number of hydrogen-bond donors (Lipinski definition) is 1. The molecule has 0 heterocycles. The summed E-state index contributed by atoms with van der Waals surface area (Å²) in [6.45, 7) is 6.21. The zero-order valence-electron chi connectivity index (χ0n) is 10.6. The fraction of sp³-hybridized carbons (Fsp3) is 1.00. The molecule has 1 rings (SSSR count). The van der Waals surface area contributed by atoms with E-state index >= 15 is 0 Å². The van der Waals surface area contributed by atoms with Crippen LogP contribution < -0.4 is 5.73 Å². The lowest BCUT2D eigenvalue weighted by Gasteiger charge is -2.37. The molecular weight excluding hydrogens is 222 g/mol. The standard InChI is InChI=1S/C12H25NO2S/c1-4-5-6-16(14,15)12-10(3)7-9(2)8-11(12)13/h9-12H,4-8,13H2,1-3H3. The first-order chi connectivity index (χ1) is 7.38. The summed E-state index contributed by atoms with van der Waals surface area (Å²) in [7, 11) is -2.99. The summed E-state index contributed by atoms with van der Waals surface area (Å²) in [4.78, 5) is 0. The van der Waals surface area contributed by atoms with Gasteiger partial charge in [0.05, 0.1) is 11.0 Å². The van der Waals surface area contributed by atoms with Gasteiger partial charge in [-0.3, -0.25) is 0 Å². The van der Waals surface area contributed by atoms with Crippen LogP contribution in [0, 0.1) is 11.8 Å². The fourth-order valence-electron chi connectivity index (χ4n) is 2.99. The third-order valence-corrected chi connectivity index (χ3v) is 6.13. The number of unbranched alkanes of at least 4 members (excludes halogenated alkanes) is 1. The number of hydrogen-bond acceptors (Lipinski definition) is 3. The summed E-state index contributed by atoms with van der Waals surface area (Å²) in [5.41, 5.74) is 6.04. The Balaban J connectivity index is 2.77. The van der Waals surface area contributed by atoms with Gasteiger partial charge >= 0.3 is 0 Å². The number of rotatable bonds is 4. The molecule has 0 bridgehead atoms. The molecule has 1 aliphatic rings. The monoisotopic (exact) mass is 247 g/mol. The van der Waals surface area contributed by atoms with E-state index in [1.165, 1.54) is 0 Å². The topological polar surface area (TPSA) is 60.2 Å². The minimum atomic E-state index is -2.99. The average Bonchev–Trinajstić information content (AvgIpc) is 2.12. The van der Waals surface area contributed by atoms with E-state index in [2.05, 4.69) is 6.92 Å². The lowest BCUT2D eigenvalue weighted by molar-refractivity contribution is 0.271. The number of nitrogens with two attached hydrogens (primary N) is 1. The Morgan fingerprint density at radius 1 is 1.25 bits per heavy atom. The van der Waals surface area contributed by atoms with Crippen LogP contribution in [0.5, 0.6) is 0 Å². The Kier molecular flexibility index (Phi) is 4.80. The molecule has 0 spiro atoms. The summed E-state index contributed by atoms with van der Waals surface area (Å²) < 4.78 is 24.4. The number of sulfone groups is 1. The SMILES string of the molecule is CCCCS(=O)(=O)C1C(C)CC(C)CC1N. The highest BCUT2D eigenvalue weighted by Gasteiger charge is 2.39. The molecule has 0 aromatic rings. The predicted octanol–water partition coefficient (Wildman–Crippen LogP) is 1.96. The van der Waals surface area contributed by atoms with Crippen LogP contribution in [0.2, 0.25) is 0 Å². The molecule has 0 aromatic heterocycles. The quantitative estimate of drug-likeness (QED) is 0.826. The largest absolute Gasteiger partial charge is 0.327 e. The van der Waals surface area contributed by atoms with Gasteiger partial charge < -0.3 is 5.73 Å². The molecule has 0 aliphatic heterocycles. The van der Waals surface area contributed by atoms with Crippen LogP contribution in [0.4, 0.5) is 0 Å². The van der Waals surface area contributed by atoms with Crippen molar-refractivity contribution < 1.29 is 8.42 Å². The van der Waals surface area contributed by atoms with Crippen molar-refractivity contribution in [3.63, 3.8) is 0 Å². The lowest BCUT2D eigenvalue weighted by Crippen LogP contribution is -2.50. The smallest absolute Gasteiger partial charge is 0.154 e. The molecule has 1 fully saturated rings. The van der Waals surface area contributed by atoms with E-state index in [1.54, 1.807) is 0 Å². The average molecular weight is 247 g/mol. The highest BCUT2D eigenvalue weighted by Crippen LogP contribution is 2.32. The van der Waals surface area contributed by atoms with Gasteiger partial charge in [-0.05, 0) is 31.1 Å². The zero-order chi connectivity index (χ0) is 12.3. The molecule has 0 saturated heterocycles. The summed E-state index contributed by atoms with van der Waals surface area (Å²) in [6, 6.07) is -0.166. The van der Waals surface area contributed by atoms with Crippen LogP contribution in [-0.2, 0) is 9.84 Å². The van der Waals surface area contributed by atoms with E-state index in [-0.39, 0.29) is 17.2 Å². The second kappa shape index (κ2) is 5.50. The van der Waals surface area contributed by atoms with Gasteiger partial charge in [-0.25, -0.2) is 8.42 Å². The second-order valence-electron chi connectivity index (χ2n) is 5.40. The first-order valence-corrected chi connectivity index (χ1v) is 8.07. The fourth-order valence-corrected chi connectivity index (χ4v) is 5.41. The van der Waals surface area contributed by atoms with Gasteiger partial charge in [0.2, 0.25) is 0 Å². The third kappa shape index (κ3) is 3.20. The van der Waals surface area contributed by atoms with Gasteiger partial charge in [0.15, 0.2) is 9.84 Å². The van der Waals surface area contributed by atoms with Crippen LogP contribution in [0.3, 0.4) is 0 Å². The maximum absolute atomic E-state index is 12.2. The van der Waals surface area contributed by atoms with Crippen molar-refractivity contribution in [3.05, 3.63) is 0 Å². The van der Waals surface area contributed by atoms with Crippen molar-refractivity contribution in [1.82, 2.24) is 0 Å². The molecule has 16 heavy (non-hydrogen) atoms. The van der Waals surface area contributed by atoms with E-state index in [0.717, 1.165) is 25.7 Å². The predicted molar refractivity (Wildman–Crippen MR) is 68.0 cm³/mol. The Morgan fingerprint density at radius 2 is 1.88 bits per heavy atom. The molecule has 0 aromatic carbocycles. The van der Waals surface area contributed by atoms with Crippen molar-refractivity contribution in [2.24, 2.45) is 17.6 Å². The van der Waals surface area contributed by atoms with Gasteiger partial charge in [-0.1, -0.05) is 27.2 Å². The molecule has 0 amide bonds. The summed E-state index contributed by atoms with van der Waals surface area (Å²) in [5, 5.41) is -0.310. The Bertz CT molecular complexity index is 301. The summed E-state index contributed by atoms with van der Waals surface area (Å²) >= 11 is 0. The molecule has 4 atom stereocenters. The minimum absolute atomic E-state index is 0.166. The molecule has 4 heteroatoms. The van der Waals surface area contributed by atoms with Crippen LogP contribution >= 0.6 is 0 Å². The van der Waals surface area contributed by atoms with Crippen LogP contribution in [0.1, 0.15) is 46.5 Å². The van der Waals surface area contributed by atoms with E-state index < -0.39 is 9.84 Å². The Hall–Kier alpha value is -0.0900. The highest BCUT2D eigenvalue weighted by atomic mass is 32.2. The van der Waals surface area contributed by atoms with Crippen molar-refractivity contribution in [1.29, 1.82) is 0 Å². The summed E-state index contributed by atoms with van der Waals surface area (Å²) in [6.07, 6.45) is 3.52. The van der Waals surface area contributed by atoms with Crippen LogP contribution in [-0.4, -0.2) is 25.5 Å². The van der Waals surface area contributed by atoms with E-state index in [0.29, 0.717) is 11.7 Å². The summed E-state index contributed by atoms with van der Waals surface area (Å²) in [5.74, 6) is 1.07. The molecule has 3 nitrogen and oxygen atoms in total. The lowest BCUT2D eigenvalue weighted by atomic mass is 9.80. The molecule has 1 aliphatic carbocycles. The Labute approximate surface area is 99.7 Å². The van der Waals surface area contributed by atoms with E-state index in [4.69, 9.17) is 5.73 Å². The maximum atomic E-state index is 12.2. The van der Waals surface area contributed by atoms with Gasteiger partial charge in [-0.2, -0.15) is 0 Å². The molecule has 2 N–H and O–H groups in total. The van der Waals surface area contributed by atoms with Crippen molar-refractivity contribution >= 4 is 9.84 Å². The van der Waals surface area contributed by atoms with Crippen molar-refractivity contribution in [2.45, 2.75) is 57.7 Å². The second-order valence-corrected chi connectivity index (χ2v) is 7.68. The highest BCUT2D eigenvalue weighted by molar-refractivity contribution is 7.92. The van der Waals surface area contributed by atoms with Crippen LogP contribution in [0.25, 0.3) is 0 Å². The third-order valence-electron chi connectivity index (χ3n) is 3.63. The molecule has 0 radical (unpaired) electrons. The normalized spacial score (nSPS) is 36.2. The first-order valence-electron chi connectivity index (χ1n) is 6.35. The molecule has 4 unspecified atom stereocenters. The molecule has 96 valence electrons. The van der Waals surface area contributed by atoms with Gasteiger partial charge in [0, 0.05) is 6.04 Å².